The Bertz CT molecular complexity index is 1370. The maximum Gasteiger partial charge on any atom is 0.338 e. The maximum atomic E-state index is 13.4. The van der Waals surface area contributed by atoms with Crippen LogP contribution in [-0.2, 0) is 9.53 Å². The Labute approximate surface area is 187 Å². The molecule has 0 saturated heterocycles. The lowest BCUT2D eigenvalue weighted by molar-refractivity contribution is -0.139. The van der Waals surface area contributed by atoms with Crippen molar-refractivity contribution in [3.63, 3.8) is 0 Å². The van der Waals surface area contributed by atoms with Gasteiger partial charge in [-0.1, -0.05) is 47.2 Å². The van der Waals surface area contributed by atoms with Crippen LogP contribution in [0, 0.1) is 0 Å². The van der Waals surface area contributed by atoms with Crippen LogP contribution in [0.4, 0.5) is 0 Å². The Morgan fingerprint density at radius 3 is 2.71 bits per heavy atom. The van der Waals surface area contributed by atoms with Crippen molar-refractivity contribution in [2.45, 2.75) is 19.9 Å². The predicted molar refractivity (Wildman–Crippen MR) is 120 cm³/mol. The summed E-state index contributed by atoms with van der Waals surface area (Å²) in [4.78, 5) is 31.2. The molecule has 0 fully saturated rings. The fraction of sp³-hybridized carbons (Fsp3) is 0.174. The summed E-state index contributed by atoms with van der Waals surface area (Å²) in [6.07, 6.45) is 1.70. The van der Waals surface area contributed by atoms with Crippen LogP contribution in [0.5, 0.6) is 5.75 Å². The highest BCUT2D eigenvalue weighted by Crippen LogP contribution is 2.31. The van der Waals surface area contributed by atoms with Gasteiger partial charge in [0.1, 0.15) is 5.75 Å². The molecule has 0 spiro atoms. The van der Waals surface area contributed by atoms with Crippen molar-refractivity contribution >= 4 is 35.0 Å². The van der Waals surface area contributed by atoms with Crippen molar-refractivity contribution in [1.82, 2.24) is 4.57 Å². The van der Waals surface area contributed by atoms with Gasteiger partial charge in [-0.15, -0.1) is 0 Å². The molecular formula is C23H19ClN2O4S. The van der Waals surface area contributed by atoms with Crippen LogP contribution in [0.2, 0.25) is 5.02 Å². The van der Waals surface area contributed by atoms with Crippen molar-refractivity contribution < 1.29 is 14.6 Å². The van der Waals surface area contributed by atoms with Crippen LogP contribution in [0.1, 0.15) is 31.0 Å². The van der Waals surface area contributed by atoms with E-state index in [9.17, 15) is 14.7 Å². The summed E-state index contributed by atoms with van der Waals surface area (Å²) in [7, 11) is 0. The Morgan fingerprint density at radius 2 is 2.03 bits per heavy atom. The predicted octanol–water partition coefficient (Wildman–Crippen LogP) is 3.16. The van der Waals surface area contributed by atoms with Gasteiger partial charge >= 0.3 is 5.97 Å². The molecule has 2 heterocycles. The first-order valence-corrected chi connectivity index (χ1v) is 10.8. The molecular weight excluding hydrogens is 436 g/mol. The maximum absolute atomic E-state index is 13.4. The fourth-order valence-electron chi connectivity index (χ4n) is 3.52. The number of thiazole rings is 1. The van der Waals surface area contributed by atoms with Crippen molar-refractivity contribution in [3.05, 3.63) is 95.6 Å². The van der Waals surface area contributed by atoms with Gasteiger partial charge in [-0.25, -0.2) is 9.79 Å². The summed E-state index contributed by atoms with van der Waals surface area (Å²) < 4.78 is 7.23. The Kier molecular flexibility index (Phi) is 5.80. The summed E-state index contributed by atoms with van der Waals surface area (Å²) in [6, 6.07) is 13.0. The number of benzene rings is 2. The number of phenolic OH excluding ortho intramolecular Hbond substituents is 1. The third kappa shape index (κ3) is 4.06. The van der Waals surface area contributed by atoms with Gasteiger partial charge in [0.25, 0.3) is 5.56 Å². The first-order valence-electron chi connectivity index (χ1n) is 9.63. The minimum atomic E-state index is -0.682. The molecule has 2 aromatic carbocycles. The van der Waals surface area contributed by atoms with E-state index in [4.69, 9.17) is 16.3 Å². The first kappa shape index (κ1) is 21.1. The average Bonchev–Trinajstić information content (AvgIpc) is 3.02. The highest BCUT2D eigenvalue weighted by molar-refractivity contribution is 7.07. The lowest BCUT2D eigenvalue weighted by Gasteiger charge is -2.24. The lowest BCUT2D eigenvalue weighted by atomic mass is 9.96. The van der Waals surface area contributed by atoms with Crippen molar-refractivity contribution in [3.8, 4) is 5.75 Å². The van der Waals surface area contributed by atoms with Crippen LogP contribution in [0.15, 0.2) is 69.6 Å². The number of carbonyl (C=O) groups excluding carboxylic acids is 1. The number of fused-ring (bicyclic) bond motifs is 1. The highest BCUT2D eigenvalue weighted by atomic mass is 35.5. The van der Waals surface area contributed by atoms with Gasteiger partial charge < -0.3 is 9.84 Å². The molecule has 31 heavy (non-hydrogen) atoms. The zero-order chi connectivity index (χ0) is 22.1. The summed E-state index contributed by atoms with van der Waals surface area (Å²) in [6.45, 7) is 3.68. The number of esters is 1. The summed E-state index contributed by atoms with van der Waals surface area (Å²) in [5, 5.41) is 10.3. The second-order valence-electron chi connectivity index (χ2n) is 6.95. The Morgan fingerprint density at radius 1 is 1.29 bits per heavy atom. The number of nitrogens with zero attached hydrogens (tertiary/aromatic N) is 2. The number of allylic oxidation sites excluding steroid dienone is 1. The number of hydrogen-bond acceptors (Lipinski definition) is 6. The molecule has 4 rings (SSSR count). The molecule has 1 N–H and O–H groups in total. The van der Waals surface area contributed by atoms with Crippen molar-refractivity contribution in [2.24, 2.45) is 4.99 Å². The van der Waals surface area contributed by atoms with E-state index in [1.54, 1.807) is 68.5 Å². The van der Waals surface area contributed by atoms with Crippen LogP contribution in [-0.4, -0.2) is 22.2 Å². The number of carbonyl (C=O) groups is 1. The molecule has 158 valence electrons. The molecule has 0 aliphatic carbocycles. The van der Waals surface area contributed by atoms with E-state index in [-0.39, 0.29) is 17.9 Å². The van der Waals surface area contributed by atoms with E-state index in [1.165, 1.54) is 15.9 Å². The third-order valence-corrected chi connectivity index (χ3v) is 6.11. The molecule has 1 unspecified atom stereocenters. The summed E-state index contributed by atoms with van der Waals surface area (Å²) in [5.74, 6) is -0.396. The fourth-order valence-corrected chi connectivity index (χ4v) is 4.69. The van der Waals surface area contributed by atoms with E-state index in [1.807, 2.05) is 0 Å². The normalized spacial score (nSPS) is 16.1. The molecule has 0 radical (unpaired) electrons. The van der Waals surface area contributed by atoms with Crippen molar-refractivity contribution in [2.75, 3.05) is 6.61 Å². The molecule has 1 aliphatic rings. The van der Waals surface area contributed by atoms with Gasteiger partial charge in [0.05, 0.1) is 28.5 Å². The van der Waals surface area contributed by atoms with E-state index >= 15 is 0 Å². The molecule has 1 aromatic heterocycles. The molecule has 8 heteroatoms. The van der Waals surface area contributed by atoms with Gasteiger partial charge in [0.15, 0.2) is 4.80 Å². The number of hydrogen-bond donors (Lipinski definition) is 1. The molecule has 1 atom stereocenters. The van der Waals surface area contributed by atoms with E-state index in [0.29, 0.717) is 31.2 Å². The number of phenols is 1. The molecule has 0 bridgehead atoms. The van der Waals surface area contributed by atoms with Crippen molar-refractivity contribution in [1.29, 1.82) is 0 Å². The molecule has 6 nitrogen and oxygen atoms in total. The monoisotopic (exact) mass is 454 g/mol. The number of aromatic hydroxyl groups is 1. The topological polar surface area (TPSA) is 80.9 Å². The Balaban J connectivity index is 1.96. The van der Waals surface area contributed by atoms with Crippen LogP contribution >= 0.6 is 22.9 Å². The number of aromatic nitrogens is 1. The van der Waals surface area contributed by atoms with Crippen LogP contribution in [0.25, 0.3) is 6.08 Å². The molecule has 0 saturated carbocycles. The average molecular weight is 455 g/mol. The largest absolute Gasteiger partial charge is 0.508 e. The number of halogens is 1. The van der Waals surface area contributed by atoms with Gasteiger partial charge in [-0.2, -0.15) is 0 Å². The number of rotatable bonds is 4. The summed E-state index contributed by atoms with van der Waals surface area (Å²) in [5.41, 5.74) is 1.96. The first-order chi connectivity index (χ1) is 14.9. The zero-order valence-corrected chi connectivity index (χ0v) is 18.4. The quantitative estimate of drug-likeness (QED) is 0.614. The molecule has 3 aromatic rings. The molecule has 1 aliphatic heterocycles. The zero-order valence-electron chi connectivity index (χ0n) is 16.8. The number of ether oxygens (including phenoxy) is 1. The Hall–Kier alpha value is -3.16. The van der Waals surface area contributed by atoms with Crippen LogP contribution in [0.3, 0.4) is 0 Å². The van der Waals surface area contributed by atoms with E-state index in [0.717, 1.165) is 5.56 Å². The standard InChI is InChI=1S/C23H19ClN2O4S/c1-3-30-22(29)19-13(2)25-23-26(20(19)15-7-9-16(24)10-8-15)21(28)18(31-23)12-14-5-4-6-17(27)11-14/h4-12,20,27H,3H2,1-2H3. The van der Waals surface area contributed by atoms with Gasteiger partial charge in [-0.05, 0) is 55.3 Å². The second kappa shape index (κ2) is 8.53. The lowest BCUT2D eigenvalue weighted by Crippen LogP contribution is -2.39. The third-order valence-electron chi connectivity index (χ3n) is 4.87. The van der Waals surface area contributed by atoms with E-state index in [2.05, 4.69) is 4.99 Å². The summed E-state index contributed by atoms with van der Waals surface area (Å²) >= 11 is 7.28. The van der Waals surface area contributed by atoms with Gasteiger partial charge in [0.2, 0.25) is 0 Å². The van der Waals surface area contributed by atoms with Gasteiger partial charge in [0, 0.05) is 5.02 Å². The SMILES string of the molecule is CCOC(=O)C1=C(C)N=c2sc(=Cc3cccc(O)c3)c(=O)n2C1c1ccc(Cl)cc1. The minimum Gasteiger partial charge on any atom is -0.508 e. The minimum absolute atomic E-state index is 0.112. The van der Waals surface area contributed by atoms with Gasteiger partial charge in [-0.3, -0.25) is 9.36 Å². The second-order valence-corrected chi connectivity index (χ2v) is 8.39. The molecule has 0 amide bonds. The van der Waals surface area contributed by atoms with Crippen LogP contribution < -0.4 is 14.9 Å². The van der Waals surface area contributed by atoms with E-state index < -0.39 is 12.0 Å². The highest BCUT2D eigenvalue weighted by Gasteiger charge is 2.33. The smallest absolute Gasteiger partial charge is 0.338 e.